The molecule has 1 fully saturated rings. The normalized spacial score (nSPS) is 19.9. The minimum absolute atomic E-state index is 0.122. The van der Waals surface area contributed by atoms with Crippen molar-refractivity contribution in [2.75, 3.05) is 0 Å². The Bertz CT molecular complexity index is 282. The van der Waals surface area contributed by atoms with Crippen LogP contribution in [0.25, 0.3) is 0 Å². The van der Waals surface area contributed by atoms with Gasteiger partial charge in [0.2, 0.25) is 5.91 Å². The number of nitrogens with one attached hydrogen (secondary N) is 1. The lowest BCUT2D eigenvalue weighted by molar-refractivity contribution is -0.119. The van der Waals surface area contributed by atoms with E-state index < -0.39 is 5.54 Å². The molecule has 0 unspecified atom stereocenters. The second-order valence-electron chi connectivity index (χ2n) is 3.47. The van der Waals surface area contributed by atoms with Gasteiger partial charge in [-0.1, -0.05) is 6.08 Å². The Labute approximate surface area is 78.4 Å². The first-order valence-corrected chi connectivity index (χ1v) is 4.50. The second-order valence-corrected chi connectivity index (χ2v) is 3.47. The maximum absolute atomic E-state index is 11.4. The summed E-state index contributed by atoms with van der Waals surface area (Å²) in [6.45, 7) is 3.56. The van der Waals surface area contributed by atoms with Crippen LogP contribution >= 0.6 is 0 Å². The van der Waals surface area contributed by atoms with Crippen molar-refractivity contribution in [3.63, 3.8) is 0 Å². The highest BCUT2D eigenvalue weighted by Crippen LogP contribution is 2.31. The van der Waals surface area contributed by atoms with Gasteiger partial charge in [-0.15, -0.1) is 0 Å². The average molecular weight is 178 g/mol. The van der Waals surface area contributed by atoms with Crippen LogP contribution in [0, 0.1) is 11.3 Å². The van der Waals surface area contributed by atoms with Gasteiger partial charge < -0.3 is 5.32 Å². The maximum atomic E-state index is 11.4. The van der Waals surface area contributed by atoms with E-state index in [2.05, 4.69) is 11.4 Å². The molecule has 3 nitrogen and oxygen atoms in total. The number of nitriles is 1. The monoisotopic (exact) mass is 178 g/mol. The molecule has 0 aromatic rings. The van der Waals surface area contributed by atoms with Gasteiger partial charge in [0.15, 0.2) is 0 Å². The second kappa shape index (κ2) is 3.61. The summed E-state index contributed by atoms with van der Waals surface area (Å²) in [5.74, 6) is -0.122. The lowest BCUT2D eigenvalue weighted by atomic mass is 9.78. The maximum Gasteiger partial charge on any atom is 0.247 e. The van der Waals surface area contributed by atoms with Gasteiger partial charge in [-0.3, -0.25) is 4.79 Å². The number of allylic oxidation sites excluding steroid dienone is 1. The van der Waals surface area contributed by atoms with Crippen LogP contribution in [0.2, 0.25) is 0 Å². The minimum atomic E-state index is -0.568. The molecule has 1 amide bonds. The molecular formula is C10H14N2O. The highest BCUT2D eigenvalue weighted by atomic mass is 16.1. The fourth-order valence-corrected chi connectivity index (χ4v) is 1.24. The average Bonchev–Trinajstić information content (AvgIpc) is 2.09. The van der Waals surface area contributed by atoms with Crippen LogP contribution in [0.3, 0.4) is 0 Å². The molecule has 0 aliphatic heterocycles. The van der Waals surface area contributed by atoms with Gasteiger partial charge in [-0.05, 0) is 33.1 Å². The Morgan fingerprint density at radius 1 is 1.62 bits per heavy atom. The molecule has 0 heterocycles. The van der Waals surface area contributed by atoms with Crippen LogP contribution in [-0.4, -0.2) is 11.4 Å². The Morgan fingerprint density at radius 2 is 2.23 bits per heavy atom. The molecule has 70 valence electrons. The van der Waals surface area contributed by atoms with Crippen LogP contribution in [0.15, 0.2) is 11.6 Å². The molecule has 0 bridgehead atoms. The third-order valence-corrected chi connectivity index (χ3v) is 2.57. The van der Waals surface area contributed by atoms with Crippen molar-refractivity contribution in [2.45, 2.75) is 38.6 Å². The largest absolute Gasteiger partial charge is 0.334 e. The van der Waals surface area contributed by atoms with Crippen LogP contribution in [0.4, 0.5) is 0 Å². The lowest BCUT2D eigenvalue weighted by Gasteiger charge is -2.35. The number of rotatable bonds is 2. The van der Waals surface area contributed by atoms with Crippen molar-refractivity contribution in [3.05, 3.63) is 11.6 Å². The minimum Gasteiger partial charge on any atom is -0.334 e. The van der Waals surface area contributed by atoms with Crippen LogP contribution in [0.1, 0.15) is 33.1 Å². The van der Waals surface area contributed by atoms with Crippen molar-refractivity contribution in [1.82, 2.24) is 5.32 Å². The number of hydrogen-bond acceptors (Lipinski definition) is 2. The van der Waals surface area contributed by atoms with Gasteiger partial charge in [0.1, 0.15) is 5.54 Å². The number of amides is 1. The van der Waals surface area contributed by atoms with Crippen LogP contribution in [-0.2, 0) is 4.79 Å². The van der Waals surface area contributed by atoms with Crippen molar-refractivity contribution in [1.29, 1.82) is 5.26 Å². The summed E-state index contributed by atoms with van der Waals surface area (Å²) in [7, 11) is 0. The van der Waals surface area contributed by atoms with Crippen LogP contribution < -0.4 is 5.32 Å². The molecular weight excluding hydrogens is 164 g/mol. The van der Waals surface area contributed by atoms with Gasteiger partial charge in [-0.25, -0.2) is 0 Å². The standard InChI is InChI=1S/C10H14N2O/c1-3-8(2)9(13)12-10(7-11)5-4-6-10/h3H,4-6H2,1-2H3,(H,12,13)/b8-3-. The third-order valence-electron chi connectivity index (χ3n) is 2.57. The van der Waals surface area contributed by atoms with E-state index >= 15 is 0 Å². The predicted octanol–water partition coefficient (Wildman–Crippen LogP) is 1.52. The summed E-state index contributed by atoms with van der Waals surface area (Å²) in [5.41, 5.74) is 0.1000. The number of hydrogen-bond donors (Lipinski definition) is 1. The first-order valence-electron chi connectivity index (χ1n) is 4.50. The van der Waals surface area contributed by atoms with Gasteiger partial charge in [0, 0.05) is 5.57 Å². The summed E-state index contributed by atoms with van der Waals surface area (Å²) < 4.78 is 0. The Kier molecular flexibility index (Phi) is 2.72. The Balaban J connectivity index is 2.59. The molecule has 1 aliphatic carbocycles. The number of carbonyl (C=O) groups excluding carboxylic acids is 1. The predicted molar refractivity (Wildman–Crippen MR) is 49.8 cm³/mol. The van der Waals surface area contributed by atoms with Crippen molar-refractivity contribution >= 4 is 5.91 Å². The number of nitrogens with zero attached hydrogens (tertiary/aromatic N) is 1. The summed E-state index contributed by atoms with van der Waals surface area (Å²) in [4.78, 5) is 11.4. The quantitative estimate of drug-likeness (QED) is 0.652. The summed E-state index contributed by atoms with van der Waals surface area (Å²) in [6, 6.07) is 2.17. The summed E-state index contributed by atoms with van der Waals surface area (Å²) in [6.07, 6.45) is 4.35. The van der Waals surface area contributed by atoms with Gasteiger partial charge in [0.25, 0.3) is 0 Å². The third kappa shape index (κ3) is 1.89. The molecule has 3 heteroatoms. The molecule has 0 aromatic heterocycles. The smallest absolute Gasteiger partial charge is 0.247 e. The molecule has 1 saturated carbocycles. The van der Waals surface area contributed by atoms with E-state index in [0.29, 0.717) is 5.57 Å². The molecule has 0 spiro atoms. The van der Waals surface area contributed by atoms with E-state index in [4.69, 9.17) is 5.26 Å². The molecule has 0 saturated heterocycles. The zero-order chi connectivity index (χ0) is 9.90. The first kappa shape index (κ1) is 9.79. The fourth-order valence-electron chi connectivity index (χ4n) is 1.24. The van der Waals surface area contributed by atoms with Gasteiger partial charge in [0.05, 0.1) is 6.07 Å². The highest BCUT2D eigenvalue weighted by molar-refractivity contribution is 5.93. The molecule has 1 rings (SSSR count). The molecule has 13 heavy (non-hydrogen) atoms. The van der Waals surface area contributed by atoms with Crippen molar-refractivity contribution in [3.8, 4) is 6.07 Å². The topological polar surface area (TPSA) is 52.9 Å². The zero-order valence-corrected chi connectivity index (χ0v) is 8.05. The SMILES string of the molecule is C/C=C(/C)C(=O)NC1(C#N)CCC1. The van der Waals surface area contributed by atoms with Gasteiger partial charge in [-0.2, -0.15) is 5.26 Å². The molecule has 0 aromatic carbocycles. The van der Waals surface area contributed by atoms with Crippen LogP contribution in [0.5, 0.6) is 0 Å². The van der Waals surface area contributed by atoms with Gasteiger partial charge >= 0.3 is 0 Å². The molecule has 1 N–H and O–H groups in total. The molecule has 1 aliphatic rings. The fraction of sp³-hybridized carbons (Fsp3) is 0.600. The lowest BCUT2D eigenvalue weighted by Crippen LogP contribution is -2.52. The van der Waals surface area contributed by atoms with E-state index in [0.717, 1.165) is 19.3 Å². The van der Waals surface area contributed by atoms with E-state index in [1.165, 1.54) is 0 Å². The zero-order valence-electron chi connectivity index (χ0n) is 8.05. The van der Waals surface area contributed by atoms with E-state index in [1.54, 1.807) is 13.0 Å². The highest BCUT2D eigenvalue weighted by Gasteiger charge is 2.38. The summed E-state index contributed by atoms with van der Waals surface area (Å²) in [5, 5.41) is 11.6. The summed E-state index contributed by atoms with van der Waals surface area (Å²) >= 11 is 0. The molecule has 0 atom stereocenters. The molecule has 0 radical (unpaired) electrons. The van der Waals surface area contributed by atoms with Crippen molar-refractivity contribution in [2.24, 2.45) is 0 Å². The van der Waals surface area contributed by atoms with Crippen molar-refractivity contribution < 1.29 is 4.79 Å². The van der Waals surface area contributed by atoms with E-state index in [1.807, 2.05) is 6.92 Å². The first-order chi connectivity index (χ1) is 6.13. The van der Waals surface area contributed by atoms with E-state index in [-0.39, 0.29) is 5.91 Å². The Morgan fingerprint density at radius 3 is 2.54 bits per heavy atom. The Hall–Kier alpha value is -1.30. The number of carbonyl (C=O) groups is 1. The van der Waals surface area contributed by atoms with E-state index in [9.17, 15) is 4.79 Å².